The standard InChI is InChI=1S/C20H26N4O2S/c25-19(21-12-18-4-2-8-27-18)9-16-3-1-7-23(13-16)17-10-20(26)24(22-11-17)14-15-5-6-15/h2,4,8,10-11,15-16H,1,3,5-7,9,12-14H2,(H,21,25). The van der Waals surface area contributed by atoms with E-state index in [-0.39, 0.29) is 11.5 Å². The maximum Gasteiger partial charge on any atom is 0.268 e. The van der Waals surface area contributed by atoms with Gasteiger partial charge in [-0.2, -0.15) is 5.10 Å². The van der Waals surface area contributed by atoms with Crippen molar-refractivity contribution in [3.05, 3.63) is 45.0 Å². The highest BCUT2D eigenvalue weighted by Crippen LogP contribution is 2.30. The highest BCUT2D eigenvalue weighted by molar-refractivity contribution is 7.09. The van der Waals surface area contributed by atoms with Gasteiger partial charge in [-0.25, -0.2) is 4.68 Å². The van der Waals surface area contributed by atoms with Crippen molar-refractivity contribution in [1.82, 2.24) is 15.1 Å². The molecule has 1 amide bonds. The zero-order valence-electron chi connectivity index (χ0n) is 15.5. The van der Waals surface area contributed by atoms with E-state index in [2.05, 4.69) is 15.3 Å². The first-order valence-electron chi connectivity index (χ1n) is 9.78. The number of aromatic nitrogens is 2. The van der Waals surface area contributed by atoms with E-state index >= 15 is 0 Å². The van der Waals surface area contributed by atoms with E-state index in [1.165, 1.54) is 17.7 Å². The highest BCUT2D eigenvalue weighted by atomic mass is 32.1. The van der Waals surface area contributed by atoms with Crippen LogP contribution in [0, 0.1) is 11.8 Å². The van der Waals surface area contributed by atoms with Crippen LogP contribution in [0.15, 0.2) is 34.6 Å². The van der Waals surface area contributed by atoms with Crippen molar-refractivity contribution in [2.24, 2.45) is 11.8 Å². The van der Waals surface area contributed by atoms with Gasteiger partial charge in [0.15, 0.2) is 0 Å². The molecule has 1 saturated heterocycles. The molecular weight excluding hydrogens is 360 g/mol. The summed E-state index contributed by atoms with van der Waals surface area (Å²) in [6, 6.07) is 5.73. The second kappa shape index (κ2) is 8.25. The van der Waals surface area contributed by atoms with Crippen molar-refractivity contribution in [2.75, 3.05) is 18.0 Å². The lowest BCUT2D eigenvalue weighted by molar-refractivity contribution is -0.122. The molecule has 27 heavy (non-hydrogen) atoms. The lowest BCUT2D eigenvalue weighted by Gasteiger charge is -2.34. The van der Waals surface area contributed by atoms with E-state index in [0.717, 1.165) is 38.2 Å². The van der Waals surface area contributed by atoms with Gasteiger partial charge in [0, 0.05) is 37.0 Å². The molecule has 0 radical (unpaired) electrons. The third-order valence-corrected chi connectivity index (χ3v) is 6.26. The van der Waals surface area contributed by atoms with Gasteiger partial charge in [-0.3, -0.25) is 9.59 Å². The lowest BCUT2D eigenvalue weighted by Crippen LogP contribution is -2.38. The molecule has 1 atom stereocenters. The van der Waals surface area contributed by atoms with Gasteiger partial charge < -0.3 is 10.2 Å². The number of anilines is 1. The Morgan fingerprint density at radius 3 is 2.93 bits per heavy atom. The third-order valence-electron chi connectivity index (χ3n) is 5.38. The van der Waals surface area contributed by atoms with Gasteiger partial charge in [-0.05, 0) is 49.0 Å². The zero-order valence-corrected chi connectivity index (χ0v) is 16.3. The summed E-state index contributed by atoms with van der Waals surface area (Å²) in [5.41, 5.74) is 0.867. The van der Waals surface area contributed by atoms with E-state index in [4.69, 9.17) is 0 Å². The molecule has 7 heteroatoms. The van der Waals surface area contributed by atoms with Gasteiger partial charge in [0.2, 0.25) is 5.91 Å². The molecule has 2 aromatic heterocycles. The van der Waals surface area contributed by atoms with Crippen molar-refractivity contribution >= 4 is 22.9 Å². The normalized spacial score (nSPS) is 19.9. The predicted octanol–water partition coefficient (Wildman–Crippen LogP) is 2.64. The van der Waals surface area contributed by atoms with Gasteiger partial charge in [-0.15, -0.1) is 11.3 Å². The number of carbonyl (C=O) groups is 1. The Bertz CT molecular complexity index is 829. The minimum atomic E-state index is -0.0183. The molecular formula is C20H26N4O2S. The first-order chi connectivity index (χ1) is 13.2. The number of piperidine rings is 1. The molecule has 6 nitrogen and oxygen atoms in total. The minimum Gasteiger partial charge on any atom is -0.370 e. The number of nitrogens with one attached hydrogen (secondary N) is 1. The second-order valence-corrected chi connectivity index (χ2v) is 8.72. The van der Waals surface area contributed by atoms with Crippen molar-refractivity contribution in [3.63, 3.8) is 0 Å². The topological polar surface area (TPSA) is 67.2 Å². The number of amides is 1. The van der Waals surface area contributed by atoms with Gasteiger partial charge in [0.1, 0.15) is 0 Å². The second-order valence-electron chi connectivity index (χ2n) is 7.69. The average molecular weight is 387 g/mol. The van der Waals surface area contributed by atoms with Crippen molar-refractivity contribution in [1.29, 1.82) is 0 Å². The molecule has 1 aliphatic heterocycles. The average Bonchev–Trinajstić information content (AvgIpc) is 3.33. The summed E-state index contributed by atoms with van der Waals surface area (Å²) in [5, 5.41) is 9.40. The van der Waals surface area contributed by atoms with Crippen molar-refractivity contribution in [3.8, 4) is 0 Å². The quantitative estimate of drug-likeness (QED) is 0.794. The van der Waals surface area contributed by atoms with E-state index < -0.39 is 0 Å². The Balaban J connectivity index is 1.31. The van der Waals surface area contributed by atoms with Crippen LogP contribution < -0.4 is 15.8 Å². The summed E-state index contributed by atoms with van der Waals surface area (Å²) >= 11 is 1.66. The number of thiophene rings is 1. The maximum atomic E-state index is 12.3. The van der Waals surface area contributed by atoms with E-state index in [9.17, 15) is 9.59 Å². The van der Waals surface area contributed by atoms with Crippen LogP contribution in [-0.2, 0) is 17.9 Å². The van der Waals surface area contributed by atoms with E-state index in [0.29, 0.717) is 24.8 Å². The molecule has 4 rings (SSSR count). The smallest absolute Gasteiger partial charge is 0.268 e. The Morgan fingerprint density at radius 1 is 1.30 bits per heavy atom. The van der Waals surface area contributed by atoms with Crippen molar-refractivity contribution < 1.29 is 4.79 Å². The third kappa shape index (κ3) is 4.97. The molecule has 0 bridgehead atoms. The minimum absolute atomic E-state index is 0.0183. The van der Waals surface area contributed by atoms with E-state index in [1.807, 2.05) is 23.7 Å². The Labute approximate surface area is 163 Å². The Hall–Kier alpha value is -2.15. The fourth-order valence-electron chi connectivity index (χ4n) is 3.68. The van der Waals surface area contributed by atoms with Gasteiger partial charge in [0.25, 0.3) is 5.56 Å². The van der Waals surface area contributed by atoms with Crippen LogP contribution in [0.1, 0.15) is 37.0 Å². The lowest BCUT2D eigenvalue weighted by atomic mass is 9.94. The van der Waals surface area contributed by atoms with Crippen LogP contribution in [-0.4, -0.2) is 28.8 Å². The van der Waals surface area contributed by atoms with Gasteiger partial charge in [-0.1, -0.05) is 6.07 Å². The van der Waals surface area contributed by atoms with E-state index in [1.54, 1.807) is 22.1 Å². The number of carbonyl (C=O) groups excluding carboxylic acids is 1. The molecule has 0 aromatic carbocycles. The van der Waals surface area contributed by atoms with Gasteiger partial charge >= 0.3 is 0 Å². The molecule has 2 fully saturated rings. The van der Waals surface area contributed by atoms with Gasteiger partial charge in [0.05, 0.1) is 18.4 Å². The fraction of sp³-hybridized carbons (Fsp3) is 0.550. The Morgan fingerprint density at radius 2 is 2.19 bits per heavy atom. The van der Waals surface area contributed by atoms with Crippen LogP contribution in [0.4, 0.5) is 5.69 Å². The molecule has 1 unspecified atom stereocenters. The summed E-state index contributed by atoms with van der Waals surface area (Å²) in [6.45, 7) is 3.07. The fourth-order valence-corrected chi connectivity index (χ4v) is 4.32. The monoisotopic (exact) mass is 386 g/mol. The SMILES string of the molecule is O=C(CC1CCCN(c2cnn(CC3CC3)c(=O)c2)C1)NCc1cccs1. The van der Waals surface area contributed by atoms with Crippen LogP contribution in [0.2, 0.25) is 0 Å². The van der Waals surface area contributed by atoms with Crippen LogP contribution >= 0.6 is 11.3 Å². The zero-order chi connectivity index (χ0) is 18.6. The summed E-state index contributed by atoms with van der Waals surface area (Å²) < 4.78 is 1.58. The number of hydrogen-bond acceptors (Lipinski definition) is 5. The first kappa shape index (κ1) is 18.2. The van der Waals surface area contributed by atoms with Crippen LogP contribution in [0.3, 0.4) is 0 Å². The molecule has 3 heterocycles. The molecule has 1 aliphatic carbocycles. The molecule has 0 spiro atoms. The van der Waals surface area contributed by atoms with Crippen molar-refractivity contribution in [2.45, 2.75) is 45.2 Å². The summed E-state index contributed by atoms with van der Waals surface area (Å²) in [4.78, 5) is 28.0. The summed E-state index contributed by atoms with van der Waals surface area (Å²) in [6.07, 6.45) is 6.84. The highest BCUT2D eigenvalue weighted by Gasteiger charge is 2.25. The first-order valence-corrected chi connectivity index (χ1v) is 10.7. The predicted molar refractivity (Wildman–Crippen MR) is 107 cm³/mol. The number of nitrogens with zero attached hydrogens (tertiary/aromatic N) is 3. The largest absolute Gasteiger partial charge is 0.370 e. The van der Waals surface area contributed by atoms with Crippen LogP contribution in [0.25, 0.3) is 0 Å². The molecule has 1 saturated carbocycles. The molecule has 2 aromatic rings. The Kier molecular flexibility index (Phi) is 5.57. The maximum absolute atomic E-state index is 12.3. The number of hydrogen-bond donors (Lipinski definition) is 1. The molecule has 144 valence electrons. The van der Waals surface area contributed by atoms with Crippen LogP contribution in [0.5, 0.6) is 0 Å². The summed E-state index contributed by atoms with van der Waals surface area (Å²) in [7, 11) is 0. The summed E-state index contributed by atoms with van der Waals surface area (Å²) in [5.74, 6) is 1.05. The number of rotatable bonds is 7. The molecule has 1 N–H and O–H groups in total. The molecule has 2 aliphatic rings.